The molecule has 0 aliphatic rings. The van der Waals surface area contributed by atoms with Gasteiger partial charge in [-0.3, -0.25) is 0 Å². The summed E-state index contributed by atoms with van der Waals surface area (Å²) in [6.07, 6.45) is 3.31. The Labute approximate surface area is 175 Å². The smallest absolute Gasteiger partial charge is 0.410 e. The molecule has 0 aliphatic heterocycles. The van der Waals surface area contributed by atoms with Gasteiger partial charge >= 0.3 is 6.09 Å². The van der Waals surface area contributed by atoms with Crippen LogP contribution >= 0.6 is 11.8 Å². The molecule has 1 amide bonds. The molecule has 0 spiro atoms. The average molecular weight is 415 g/mol. The summed E-state index contributed by atoms with van der Waals surface area (Å²) in [6, 6.07) is 13.1. The third kappa shape index (κ3) is 5.76. The number of carbonyl (C=O) groups is 1. The van der Waals surface area contributed by atoms with Gasteiger partial charge < -0.3 is 14.6 Å². The molecule has 2 aromatic carbocycles. The summed E-state index contributed by atoms with van der Waals surface area (Å²) in [5, 5.41) is 1.01. The molecule has 0 saturated carbocycles. The van der Waals surface area contributed by atoms with Gasteiger partial charge in [-0.15, -0.1) is 0 Å². The molecule has 154 valence electrons. The predicted molar refractivity (Wildman–Crippen MR) is 116 cm³/mol. The topological polar surface area (TPSA) is 45.3 Å². The van der Waals surface area contributed by atoms with Crippen LogP contribution in [0.4, 0.5) is 9.18 Å². The minimum atomic E-state index is -0.489. The van der Waals surface area contributed by atoms with E-state index in [0.29, 0.717) is 6.54 Å². The molecular formula is C23H27FN2O2S. The third-order valence-corrected chi connectivity index (χ3v) is 5.62. The molecule has 0 radical (unpaired) electrons. The number of hydrogen-bond acceptors (Lipinski definition) is 3. The number of ether oxygens (including phenoxy) is 1. The van der Waals surface area contributed by atoms with Crippen LogP contribution in [-0.2, 0) is 11.2 Å². The Morgan fingerprint density at radius 3 is 2.69 bits per heavy atom. The molecule has 6 heteroatoms. The van der Waals surface area contributed by atoms with E-state index in [1.807, 2.05) is 45.2 Å². The van der Waals surface area contributed by atoms with Crippen molar-refractivity contribution in [2.45, 2.75) is 49.0 Å². The first-order chi connectivity index (χ1) is 13.7. The van der Waals surface area contributed by atoms with Gasteiger partial charge in [0.05, 0.1) is 0 Å². The summed E-state index contributed by atoms with van der Waals surface area (Å²) >= 11 is 1.67. The lowest BCUT2D eigenvalue weighted by Gasteiger charge is -2.24. The highest BCUT2D eigenvalue weighted by atomic mass is 32.2. The van der Waals surface area contributed by atoms with E-state index in [9.17, 15) is 9.18 Å². The second-order valence-electron chi connectivity index (χ2n) is 8.06. The van der Waals surface area contributed by atoms with E-state index >= 15 is 0 Å². The average Bonchev–Trinajstić information content (AvgIpc) is 3.03. The van der Waals surface area contributed by atoms with E-state index < -0.39 is 5.60 Å². The summed E-state index contributed by atoms with van der Waals surface area (Å²) in [4.78, 5) is 19.1. The van der Waals surface area contributed by atoms with Crippen molar-refractivity contribution in [3.05, 3.63) is 60.0 Å². The molecule has 3 rings (SSSR count). The number of amides is 1. The number of aromatic amines is 1. The molecule has 1 heterocycles. The van der Waals surface area contributed by atoms with Crippen molar-refractivity contribution in [1.29, 1.82) is 0 Å². The zero-order valence-corrected chi connectivity index (χ0v) is 18.1. The minimum Gasteiger partial charge on any atom is -0.444 e. The number of nitrogens with one attached hydrogen (secondary N) is 1. The van der Waals surface area contributed by atoms with Gasteiger partial charge in [0.25, 0.3) is 0 Å². The molecule has 1 N–H and O–H groups in total. The molecule has 0 bridgehead atoms. The Hall–Kier alpha value is -2.47. The Balaban J connectivity index is 1.64. The summed E-state index contributed by atoms with van der Waals surface area (Å²) in [7, 11) is 1.76. The highest BCUT2D eigenvalue weighted by Crippen LogP contribution is 2.36. The Morgan fingerprint density at radius 2 is 1.93 bits per heavy atom. The van der Waals surface area contributed by atoms with Crippen molar-refractivity contribution in [3.8, 4) is 0 Å². The van der Waals surface area contributed by atoms with Crippen LogP contribution < -0.4 is 0 Å². The monoisotopic (exact) mass is 414 g/mol. The minimum absolute atomic E-state index is 0.245. The second-order valence-corrected chi connectivity index (χ2v) is 9.14. The third-order valence-electron chi connectivity index (χ3n) is 4.44. The lowest BCUT2D eigenvalue weighted by molar-refractivity contribution is 0.0297. The SMILES string of the molecule is CN(CCCc1ccccc1Sc1c[nH]c2cc(F)ccc12)C(=O)OC(C)(C)C. The number of benzene rings is 2. The zero-order chi connectivity index (χ0) is 21.0. The van der Waals surface area contributed by atoms with Crippen molar-refractivity contribution < 1.29 is 13.9 Å². The first-order valence-corrected chi connectivity index (χ1v) is 10.5. The maximum atomic E-state index is 13.4. The Kier molecular flexibility index (Phi) is 6.52. The van der Waals surface area contributed by atoms with Gasteiger partial charge in [-0.05, 0) is 63.4 Å². The van der Waals surface area contributed by atoms with Crippen molar-refractivity contribution in [2.75, 3.05) is 13.6 Å². The summed E-state index contributed by atoms with van der Waals surface area (Å²) < 4.78 is 18.8. The van der Waals surface area contributed by atoms with Crippen LogP contribution in [-0.4, -0.2) is 35.2 Å². The molecule has 0 saturated heterocycles. The normalized spacial score (nSPS) is 11.6. The number of nitrogens with zero attached hydrogens (tertiary/aromatic N) is 1. The number of carbonyl (C=O) groups excluding carboxylic acids is 1. The van der Waals surface area contributed by atoms with E-state index in [4.69, 9.17) is 4.74 Å². The molecule has 0 fully saturated rings. The number of aromatic nitrogens is 1. The molecule has 29 heavy (non-hydrogen) atoms. The van der Waals surface area contributed by atoms with Crippen LogP contribution in [0.25, 0.3) is 10.9 Å². The lowest BCUT2D eigenvalue weighted by atomic mass is 10.1. The number of H-pyrrole nitrogens is 1. The molecule has 4 nitrogen and oxygen atoms in total. The Morgan fingerprint density at radius 1 is 1.17 bits per heavy atom. The number of fused-ring (bicyclic) bond motifs is 1. The van der Waals surface area contributed by atoms with Crippen LogP contribution in [0.15, 0.2) is 58.5 Å². The highest BCUT2D eigenvalue weighted by Gasteiger charge is 2.19. The van der Waals surface area contributed by atoms with Crippen molar-refractivity contribution in [1.82, 2.24) is 9.88 Å². The van der Waals surface area contributed by atoms with Gasteiger partial charge in [0, 0.05) is 40.5 Å². The van der Waals surface area contributed by atoms with Gasteiger partial charge in [-0.25, -0.2) is 9.18 Å². The fourth-order valence-corrected chi connectivity index (χ4v) is 4.11. The van der Waals surface area contributed by atoms with E-state index in [2.05, 4.69) is 17.1 Å². The van der Waals surface area contributed by atoms with Gasteiger partial charge in [0.15, 0.2) is 0 Å². The van der Waals surface area contributed by atoms with Crippen LogP contribution in [0.5, 0.6) is 0 Å². The second kappa shape index (κ2) is 8.91. The number of aryl methyl sites for hydroxylation is 1. The van der Waals surface area contributed by atoms with E-state index in [-0.39, 0.29) is 11.9 Å². The number of halogens is 1. The van der Waals surface area contributed by atoms with Crippen molar-refractivity contribution in [2.24, 2.45) is 0 Å². The quantitative estimate of drug-likeness (QED) is 0.518. The largest absolute Gasteiger partial charge is 0.444 e. The van der Waals surface area contributed by atoms with Crippen LogP contribution in [0.3, 0.4) is 0 Å². The predicted octanol–water partition coefficient (Wildman–Crippen LogP) is 6.26. The van der Waals surface area contributed by atoms with Gasteiger partial charge in [-0.1, -0.05) is 30.0 Å². The summed E-state index contributed by atoms with van der Waals surface area (Å²) in [5.41, 5.74) is 1.53. The van der Waals surface area contributed by atoms with E-state index in [1.54, 1.807) is 23.7 Å². The van der Waals surface area contributed by atoms with Gasteiger partial charge in [-0.2, -0.15) is 0 Å². The van der Waals surface area contributed by atoms with E-state index in [0.717, 1.165) is 33.5 Å². The summed E-state index contributed by atoms with van der Waals surface area (Å²) in [5.74, 6) is -0.245. The fourth-order valence-electron chi connectivity index (χ4n) is 3.02. The first-order valence-electron chi connectivity index (χ1n) is 9.69. The van der Waals surface area contributed by atoms with Gasteiger partial charge in [0.2, 0.25) is 0 Å². The Bertz CT molecular complexity index is 994. The van der Waals surface area contributed by atoms with Crippen LogP contribution in [0.2, 0.25) is 0 Å². The van der Waals surface area contributed by atoms with Crippen molar-refractivity contribution >= 4 is 28.8 Å². The standard InChI is InChI=1S/C23H27FN2O2S/c1-23(2,3)28-22(27)26(4)13-7-9-16-8-5-6-10-20(16)29-21-15-25-19-14-17(24)11-12-18(19)21/h5-6,8,10-12,14-15,25H,7,9,13H2,1-4H3. The van der Waals surface area contributed by atoms with Gasteiger partial charge in [0.1, 0.15) is 11.4 Å². The maximum absolute atomic E-state index is 13.4. The highest BCUT2D eigenvalue weighted by molar-refractivity contribution is 7.99. The van der Waals surface area contributed by atoms with Crippen LogP contribution in [0.1, 0.15) is 32.8 Å². The molecular weight excluding hydrogens is 387 g/mol. The fraction of sp³-hybridized carbons (Fsp3) is 0.348. The lowest BCUT2D eigenvalue weighted by Crippen LogP contribution is -2.34. The molecule has 1 aromatic heterocycles. The first kappa shape index (κ1) is 21.2. The number of hydrogen-bond donors (Lipinski definition) is 1. The summed E-state index contributed by atoms with van der Waals surface area (Å²) in [6.45, 7) is 6.22. The molecule has 3 aromatic rings. The van der Waals surface area contributed by atoms with E-state index in [1.165, 1.54) is 17.7 Å². The number of rotatable bonds is 6. The molecule has 0 atom stereocenters. The molecule has 0 unspecified atom stereocenters. The van der Waals surface area contributed by atoms with Crippen LogP contribution in [0, 0.1) is 5.82 Å². The zero-order valence-electron chi connectivity index (χ0n) is 17.3. The van der Waals surface area contributed by atoms with Crippen molar-refractivity contribution in [3.63, 3.8) is 0 Å². The maximum Gasteiger partial charge on any atom is 0.410 e. The molecule has 0 aliphatic carbocycles.